The summed E-state index contributed by atoms with van der Waals surface area (Å²) < 4.78 is 25.2. The summed E-state index contributed by atoms with van der Waals surface area (Å²) >= 11 is 0. The Morgan fingerprint density at radius 3 is 2.62 bits per heavy atom. The number of methoxy groups -OCH3 is 1. The SMILES string of the molecule is CC[C@H](Oc1ccc2c(c1)[C@@H](c1cccc(F)c1)N(C(=O)C(C)(C)C)CC2)C(=O)NCCOC. The highest BCUT2D eigenvalue weighted by atomic mass is 19.1. The van der Waals surface area contributed by atoms with Crippen LogP contribution >= 0.6 is 0 Å². The van der Waals surface area contributed by atoms with Gasteiger partial charge in [0.15, 0.2) is 6.10 Å². The molecule has 2 atom stereocenters. The van der Waals surface area contributed by atoms with Crippen molar-refractivity contribution in [1.82, 2.24) is 10.2 Å². The van der Waals surface area contributed by atoms with Gasteiger partial charge in [-0.05, 0) is 53.8 Å². The average molecular weight is 471 g/mol. The second-order valence-electron chi connectivity index (χ2n) is 9.62. The van der Waals surface area contributed by atoms with Crippen LogP contribution in [0.1, 0.15) is 56.8 Å². The Morgan fingerprint density at radius 1 is 1.21 bits per heavy atom. The van der Waals surface area contributed by atoms with Gasteiger partial charge in [0.2, 0.25) is 5.91 Å². The molecule has 0 saturated carbocycles. The Balaban J connectivity index is 1.97. The summed E-state index contributed by atoms with van der Waals surface area (Å²) in [6, 6.07) is 11.7. The van der Waals surface area contributed by atoms with Crippen LogP contribution in [0, 0.1) is 11.2 Å². The van der Waals surface area contributed by atoms with E-state index in [0.29, 0.717) is 43.9 Å². The minimum absolute atomic E-state index is 0.00249. The van der Waals surface area contributed by atoms with Crippen molar-refractivity contribution in [2.24, 2.45) is 5.41 Å². The molecule has 0 saturated heterocycles. The number of nitrogens with one attached hydrogen (secondary N) is 1. The molecule has 3 rings (SSSR count). The van der Waals surface area contributed by atoms with Crippen LogP contribution in [0.2, 0.25) is 0 Å². The van der Waals surface area contributed by atoms with Crippen molar-refractivity contribution in [3.05, 3.63) is 65.0 Å². The second-order valence-corrected chi connectivity index (χ2v) is 9.62. The minimum Gasteiger partial charge on any atom is -0.481 e. The number of benzene rings is 2. The molecule has 0 aromatic heterocycles. The average Bonchev–Trinajstić information content (AvgIpc) is 2.80. The number of amides is 2. The highest BCUT2D eigenvalue weighted by molar-refractivity contribution is 5.83. The molecule has 6 nitrogen and oxygen atoms in total. The van der Waals surface area contributed by atoms with Crippen LogP contribution < -0.4 is 10.1 Å². The van der Waals surface area contributed by atoms with Gasteiger partial charge in [0.1, 0.15) is 11.6 Å². The number of carbonyl (C=O) groups is 2. The quantitative estimate of drug-likeness (QED) is 0.586. The first-order valence-corrected chi connectivity index (χ1v) is 11.8. The lowest BCUT2D eigenvalue weighted by Crippen LogP contribution is -2.45. The lowest BCUT2D eigenvalue weighted by atomic mass is 9.85. The fourth-order valence-corrected chi connectivity index (χ4v) is 4.23. The molecule has 0 unspecified atom stereocenters. The number of nitrogens with zero attached hydrogens (tertiary/aromatic N) is 1. The van der Waals surface area contributed by atoms with Crippen LogP contribution in [0.4, 0.5) is 4.39 Å². The van der Waals surface area contributed by atoms with Crippen molar-refractivity contribution in [3.63, 3.8) is 0 Å². The third kappa shape index (κ3) is 5.95. The zero-order valence-corrected chi connectivity index (χ0v) is 20.7. The van der Waals surface area contributed by atoms with Gasteiger partial charge >= 0.3 is 0 Å². The normalized spacial score (nSPS) is 16.5. The Kier molecular flexibility index (Phi) is 8.31. The third-order valence-electron chi connectivity index (χ3n) is 5.96. The van der Waals surface area contributed by atoms with Crippen molar-refractivity contribution in [1.29, 1.82) is 0 Å². The summed E-state index contributed by atoms with van der Waals surface area (Å²) in [5.74, 6) is -0.0101. The van der Waals surface area contributed by atoms with E-state index in [9.17, 15) is 14.0 Å². The molecule has 1 N–H and O–H groups in total. The number of hydrogen-bond donors (Lipinski definition) is 1. The van der Waals surface area contributed by atoms with Gasteiger partial charge in [-0.2, -0.15) is 0 Å². The number of carbonyl (C=O) groups excluding carboxylic acids is 2. The largest absolute Gasteiger partial charge is 0.481 e. The first-order valence-electron chi connectivity index (χ1n) is 11.8. The van der Waals surface area contributed by atoms with Crippen molar-refractivity contribution >= 4 is 11.8 Å². The molecule has 0 spiro atoms. The molecule has 0 aliphatic carbocycles. The summed E-state index contributed by atoms with van der Waals surface area (Å²) in [6.07, 6.45) is 0.536. The van der Waals surface area contributed by atoms with Gasteiger partial charge in [-0.25, -0.2) is 4.39 Å². The first kappa shape index (κ1) is 25.7. The van der Waals surface area contributed by atoms with Crippen LogP contribution in [0.5, 0.6) is 5.75 Å². The standard InChI is InChI=1S/C27H35FN2O4/c1-6-23(25(31)29-13-15-33-5)34-21-11-10-18-12-14-30(26(32)27(2,3)4)24(22(18)17-21)19-8-7-9-20(28)16-19/h7-11,16-17,23-24H,6,12-15H2,1-5H3,(H,29,31)/t23-,24+/m0/s1. The number of ether oxygens (including phenoxy) is 2. The van der Waals surface area contributed by atoms with Gasteiger partial charge in [-0.1, -0.05) is 45.9 Å². The molecule has 184 valence electrons. The lowest BCUT2D eigenvalue weighted by Gasteiger charge is -2.41. The molecule has 1 aliphatic rings. The molecule has 7 heteroatoms. The first-order chi connectivity index (χ1) is 16.2. The van der Waals surface area contributed by atoms with E-state index in [0.717, 1.165) is 11.1 Å². The maximum absolute atomic E-state index is 14.2. The molecule has 34 heavy (non-hydrogen) atoms. The molecular weight excluding hydrogens is 435 g/mol. The van der Waals surface area contributed by atoms with E-state index >= 15 is 0 Å². The third-order valence-corrected chi connectivity index (χ3v) is 5.96. The number of hydrogen-bond acceptors (Lipinski definition) is 4. The molecule has 2 amide bonds. The lowest BCUT2D eigenvalue weighted by molar-refractivity contribution is -0.141. The number of rotatable bonds is 8. The van der Waals surface area contributed by atoms with Crippen LogP contribution in [0.3, 0.4) is 0 Å². The van der Waals surface area contributed by atoms with E-state index in [4.69, 9.17) is 9.47 Å². The highest BCUT2D eigenvalue weighted by Crippen LogP contribution is 2.39. The van der Waals surface area contributed by atoms with E-state index in [1.54, 1.807) is 13.2 Å². The van der Waals surface area contributed by atoms with Crippen LogP contribution in [0.15, 0.2) is 42.5 Å². The van der Waals surface area contributed by atoms with Crippen LogP contribution in [-0.4, -0.2) is 49.6 Å². The topological polar surface area (TPSA) is 67.9 Å². The van der Waals surface area contributed by atoms with Gasteiger partial charge in [0.25, 0.3) is 5.91 Å². The Morgan fingerprint density at radius 2 is 1.97 bits per heavy atom. The molecule has 2 aromatic carbocycles. The zero-order valence-electron chi connectivity index (χ0n) is 20.7. The fourth-order valence-electron chi connectivity index (χ4n) is 4.23. The molecule has 0 radical (unpaired) electrons. The van der Waals surface area contributed by atoms with Gasteiger partial charge in [-0.3, -0.25) is 9.59 Å². The monoisotopic (exact) mass is 470 g/mol. The van der Waals surface area contributed by atoms with Crippen molar-refractivity contribution in [2.75, 3.05) is 26.8 Å². The Labute approximate surface area is 201 Å². The van der Waals surface area contributed by atoms with Crippen LogP contribution in [-0.2, 0) is 20.7 Å². The second kappa shape index (κ2) is 11.0. The summed E-state index contributed by atoms with van der Waals surface area (Å²) in [4.78, 5) is 27.7. The van der Waals surface area contributed by atoms with Gasteiger partial charge < -0.3 is 19.7 Å². The van der Waals surface area contributed by atoms with E-state index in [1.807, 2.05) is 56.9 Å². The summed E-state index contributed by atoms with van der Waals surface area (Å²) in [7, 11) is 1.58. The van der Waals surface area contributed by atoms with E-state index in [-0.39, 0.29) is 17.6 Å². The maximum atomic E-state index is 14.2. The smallest absolute Gasteiger partial charge is 0.261 e. The molecule has 2 aromatic rings. The summed E-state index contributed by atoms with van der Waals surface area (Å²) in [5, 5.41) is 2.81. The van der Waals surface area contributed by atoms with Gasteiger partial charge in [0, 0.05) is 25.6 Å². The molecular formula is C27H35FN2O4. The van der Waals surface area contributed by atoms with E-state index in [2.05, 4.69) is 5.32 Å². The Hall–Kier alpha value is -2.93. The fraction of sp³-hybridized carbons (Fsp3) is 0.481. The number of halogens is 1. The van der Waals surface area contributed by atoms with Crippen molar-refractivity contribution in [3.8, 4) is 5.75 Å². The minimum atomic E-state index is -0.654. The van der Waals surface area contributed by atoms with Gasteiger partial charge in [-0.15, -0.1) is 0 Å². The Bertz CT molecular complexity index is 1020. The maximum Gasteiger partial charge on any atom is 0.261 e. The van der Waals surface area contributed by atoms with Gasteiger partial charge in [0.05, 0.1) is 12.6 Å². The summed E-state index contributed by atoms with van der Waals surface area (Å²) in [6.45, 7) is 8.93. The molecule has 1 heterocycles. The van der Waals surface area contributed by atoms with Crippen LogP contribution in [0.25, 0.3) is 0 Å². The van der Waals surface area contributed by atoms with Crippen molar-refractivity contribution in [2.45, 2.75) is 52.7 Å². The highest BCUT2D eigenvalue weighted by Gasteiger charge is 2.37. The summed E-state index contributed by atoms with van der Waals surface area (Å²) in [5.41, 5.74) is 2.10. The van der Waals surface area contributed by atoms with E-state index in [1.165, 1.54) is 12.1 Å². The van der Waals surface area contributed by atoms with E-state index < -0.39 is 17.6 Å². The molecule has 0 fully saturated rings. The predicted molar refractivity (Wildman–Crippen MR) is 129 cm³/mol. The molecule has 0 bridgehead atoms. The number of fused-ring (bicyclic) bond motifs is 1. The molecule has 1 aliphatic heterocycles. The zero-order chi connectivity index (χ0) is 24.9. The predicted octanol–water partition coefficient (Wildman–Crippen LogP) is 4.27. The van der Waals surface area contributed by atoms with Crippen molar-refractivity contribution < 1.29 is 23.5 Å².